The van der Waals surface area contributed by atoms with E-state index in [9.17, 15) is 13.2 Å². The van der Waals surface area contributed by atoms with Crippen molar-refractivity contribution in [2.45, 2.75) is 6.18 Å². The molecule has 2 aromatic carbocycles. The summed E-state index contributed by atoms with van der Waals surface area (Å²) in [6, 6.07) is 10.5. The summed E-state index contributed by atoms with van der Waals surface area (Å²) in [5.74, 6) is 5.63. The number of hydrogen-bond donors (Lipinski definition) is 0. The van der Waals surface area contributed by atoms with Gasteiger partial charge in [-0.15, -0.1) is 11.6 Å². The van der Waals surface area contributed by atoms with E-state index in [2.05, 4.69) is 11.8 Å². The lowest BCUT2D eigenvalue weighted by molar-refractivity contribution is -0.153. The van der Waals surface area contributed by atoms with Crippen LogP contribution in [0.1, 0.15) is 5.56 Å². The van der Waals surface area contributed by atoms with Gasteiger partial charge in [-0.25, -0.2) is 0 Å². The molecule has 0 fully saturated rings. The van der Waals surface area contributed by atoms with Crippen molar-refractivity contribution in [2.75, 3.05) is 12.5 Å². The Labute approximate surface area is 119 Å². The summed E-state index contributed by atoms with van der Waals surface area (Å²) in [5, 5.41) is 1.62. The van der Waals surface area contributed by atoms with E-state index in [-0.39, 0.29) is 11.6 Å². The van der Waals surface area contributed by atoms with E-state index >= 15 is 0 Å². The average molecular weight is 299 g/mol. The first-order valence-corrected chi connectivity index (χ1v) is 6.31. The van der Waals surface area contributed by atoms with Crippen LogP contribution in [0.5, 0.6) is 5.75 Å². The molecule has 0 atom stereocenters. The second-order valence-electron chi connectivity index (χ2n) is 4.00. The molecule has 1 nitrogen and oxygen atoms in total. The van der Waals surface area contributed by atoms with Crippen LogP contribution in [0, 0.1) is 11.8 Å². The van der Waals surface area contributed by atoms with Crippen LogP contribution in [-0.2, 0) is 0 Å². The van der Waals surface area contributed by atoms with Crippen molar-refractivity contribution in [1.82, 2.24) is 0 Å². The molecule has 0 unspecified atom stereocenters. The van der Waals surface area contributed by atoms with Crippen LogP contribution in [-0.4, -0.2) is 18.7 Å². The van der Waals surface area contributed by atoms with Crippen LogP contribution in [0.4, 0.5) is 13.2 Å². The SMILES string of the molecule is FC(F)(F)COc1ccc2ccccc2c1C#CCCl. The van der Waals surface area contributed by atoms with E-state index < -0.39 is 12.8 Å². The maximum absolute atomic E-state index is 12.3. The highest BCUT2D eigenvalue weighted by atomic mass is 35.5. The summed E-state index contributed by atoms with van der Waals surface area (Å²) in [5.41, 5.74) is 0.424. The predicted octanol–water partition coefficient (Wildman–Crippen LogP) is 4.37. The average Bonchev–Trinajstić information content (AvgIpc) is 2.42. The number of rotatable bonds is 2. The fourth-order valence-electron chi connectivity index (χ4n) is 1.78. The molecule has 2 aromatic rings. The maximum atomic E-state index is 12.3. The number of halogens is 4. The molecule has 0 saturated heterocycles. The van der Waals surface area contributed by atoms with Gasteiger partial charge in [0, 0.05) is 5.39 Å². The predicted molar refractivity (Wildman–Crippen MR) is 73.1 cm³/mol. The van der Waals surface area contributed by atoms with Crippen LogP contribution in [0.3, 0.4) is 0 Å². The molecule has 0 aliphatic carbocycles. The van der Waals surface area contributed by atoms with Gasteiger partial charge in [-0.3, -0.25) is 0 Å². The molecule has 104 valence electrons. The zero-order valence-electron chi connectivity index (χ0n) is 10.3. The van der Waals surface area contributed by atoms with E-state index in [1.54, 1.807) is 18.2 Å². The Bertz CT molecular complexity index is 668. The number of fused-ring (bicyclic) bond motifs is 1. The van der Waals surface area contributed by atoms with Gasteiger partial charge in [0.05, 0.1) is 11.4 Å². The van der Waals surface area contributed by atoms with E-state index in [0.29, 0.717) is 5.56 Å². The zero-order valence-corrected chi connectivity index (χ0v) is 11.1. The molecule has 0 spiro atoms. The maximum Gasteiger partial charge on any atom is 0.422 e. The third-order valence-corrected chi connectivity index (χ3v) is 2.70. The molecule has 0 saturated carbocycles. The minimum Gasteiger partial charge on any atom is -0.483 e. The molecule has 0 radical (unpaired) electrons. The van der Waals surface area contributed by atoms with Crippen molar-refractivity contribution in [1.29, 1.82) is 0 Å². The van der Waals surface area contributed by atoms with Crippen molar-refractivity contribution >= 4 is 22.4 Å². The van der Waals surface area contributed by atoms with Crippen molar-refractivity contribution in [3.8, 4) is 17.6 Å². The van der Waals surface area contributed by atoms with Gasteiger partial charge < -0.3 is 4.74 Å². The molecule has 2 rings (SSSR count). The first kappa shape index (κ1) is 14.5. The van der Waals surface area contributed by atoms with Gasteiger partial charge in [-0.05, 0) is 11.5 Å². The van der Waals surface area contributed by atoms with Crippen LogP contribution >= 0.6 is 11.6 Å². The summed E-state index contributed by atoms with van der Waals surface area (Å²) in [6.07, 6.45) is -4.39. The molecule has 0 amide bonds. The van der Waals surface area contributed by atoms with Crippen molar-refractivity contribution in [3.63, 3.8) is 0 Å². The van der Waals surface area contributed by atoms with Crippen LogP contribution in [0.15, 0.2) is 36.4 Å². The lowest BCUT2D eigenvalue weighted by Gasteiger charge is -2.12. The number of hydrogen-bond acceptors (Lipinski definition) is 1. The molecule has 20 heavy (non-hydrogen) atoms. The summed E-state index contributed by atoms with van der Waals surface area (Å²) >= 11 is 5.51. The fourth-order valence-corrected chi connectivity index (χ4v) is 1.85. The third-order valence-electron chi connectivity index (χ3n) is 2.56. The number of alkyl halides is 4. The highest BCUT2D eigenvalue weighted by Crippen LogP contribution is 2.28. The lowest BCUT2D eigenvalue weighted by Crippen LogP contribution is -2.19. The molecule has 5 heteroatoms. The quantitative estimate of drug-likeness (QED) is 0.591. The van der Waals surface area contributed by atoms with Gasteiger partial charge in [0.1, 0.15) is 5.75 Å². The standard InChI is InChI=1S/C15H10ClF3O/c16-9-3-6-13-12-5-2-1-4-11(12)7-8-14(13)20-10-15(17,18)19/h1-2,4-5,7-8H,9-10H2. The Morgan fingerprint density at radius 1 is 1.10 bits per heavy atom. The van der Waals surface area contributed by atoms with Crippen LogP contribution in [0.25, 0.3) is 10.8 Å². The minimum absolute atomic E-state index is 0.0991. The third kappa shape index (κ3) is 3.58. The van der Waals surface area contributed by atoms with Crippen molar-refractivity contribution < 1.29 is 17.9 Å². The minimum atomic E-state index is -4.39. The van der Waals surface area contributed by atoms with Crippen LogP contribution in [0.2, 0.25) is 0 Å². The Morgan fingerprint density at radius 2 is 1.85 bits per heavy atom. The van der Waals surface area contributed by atoms with Crippen LogP contribution < -0.4 is 4.74 Å². The second-order valence-corrected chi connectivity index (χ2v) is 4.27. The Balaban J connectivity index is 2.47. The molecular formula is C15H10ClF3O. The topological polar surface area (TPSA) is 9.23 Å². The zero-order chi connectivity index (χ0) is 14.6. The van der Waals surface area contributed by atoms with Crippen molar-refractivity contribution in [3.05, 3.63) is 42.0 Å². The van der Waals surface area contributed by atoms with Gasteiger partial charge in [-0.2, -0.15) is 13.2 Å². The molecule has 0 aliphatic rings. The lowest BCUT2D eigenvalue weighted by atomic mass is 10.0. The van der Waals surface area contributed by atoms with Crippen molar-refractivity contribution in [2.24, 2.45) is 0 Å². The Hall–Kier alpha value is -1.86. The normalized spacial score (nSPS) is 11.0. The Kier molecular flexibility index (Phi) is 4.41. The summed E-state index contributed by atoms with van der Waals surface area (Å²) in [6.45, 7) is -1.35. The highest BCUT2D eigenvalue weighted by Gasteiger charge is 2.28. The first-order valence-electron chi connectivity index (χ1n) is 5.77. The molecule has 0 heterocycles. The van der Waals surface area contributed by atoms with Gasteiger partial charge in [0.25, 0.3) is 0 Å². The largest absolute Gasteiger partial charge is 0.483 e. The smallest absolute Gasteiger partial charge is 0.422 e. The molecule has 0 aromatic heterocycles. The van der Waals surface area contributed by atoms with E-state index in [0.717, 1.165) is 10.8 Å². The second kappa shape index (κ2) is 6.06. The number of ether oxygens (including phenoxy) is 1. The highest BCUT2D eigenvalue weighted by molar-refractivity contribution is 6.19. The molecule has 0 N–H and O–H groups in total. The molecule has 0 bridgehead atoms. The van der Waals surface area contributed by atoms with Gasteiger partial charge in [-0.1, -0.05) is 42.2 Å². The number of benzene rings is 2. The fraction of sp³-hybridized carbons (Fsp3) is 0.200. The molecular weight excluding hydrogens is 289 g/mol. The summed E-state index contributed by atoms with van der Waals surface area (Å²) < 4.78 is 41.6. The van der Waals surface area contributed by atoms with E-state index in [1.165, 1.54) is 6.07 Å². The van der Waals surface area contributed by atoms with Gasteiger partial charge in [0.2, 0.25) is 0 Å². The first-order chi connectivity index (χ1) is 9.51. The molecule has 0 aliphatic heterocycles. The summed E-state index contributed by atoms with van der Waals surface area (Å²) in [4.78, 5) is 0. The Morgan fingerprint density at radius 3 is 2.55 bits per heavy atom. The summed E-state index contributed by atoms with van der Waals surface area (Å²) in [7, 11) is 0. The van der Waals surface area contributed by atoms with E-state index in [1.807, 2.05) is 12.1 Å². The van der Waals surface area contributed by atoms with Gasteiger partial charge >= 0.3 is 6.18 Å². The van der Waals surface area contributed by atoms with Gasteiger partial charge in [0.15, 0.2) is 6.61 Å². The van der Waals surface area contributed by atoms with E-state index in [4.69, 9.17) is 16.3 Å². The monoisotopic (exact) mass is 298 g/mol.